The van der Waals surface area contributed by atoms with Crippen LogP contribution in [0.25, 0.3) is 0 Å². The molecule has 10 heteroatoms. The standard InChI is InChI=1S/C26H28N6O4/c33-25(26(34)29-22-9-4-10-23(16-22)32(35)36)28-18-24(21-8-5-11-27-17-21)31-14-12-30(13-15-31)19-20-6-2-1-3-7-20/h1-11,16-17,24H,12-15,18-19H2,(H,28,33)(H,29,34)/t24-/m0/s1. The highest BCUT2D eigenvalue weighted by atomic mass is 16.6. The van der Waals surface area contributed by atoms with E-state index in [0.717, 1.165) is 38.3 Å². The molecule has 36 heavy (non-hydrogen) atoms. The highest BCUT2D eigenvalue weighted by Crippen LogP contribution is 2.22. The molecule has 0 saturated carbocycles. The Morgan fingerprint density at radius 2 is 1.75 bits per heavy atom. The molecule has 3 aromatic rings. The van der Waals surface area contributed by atoms with Crippen LogP contribution in [0.15, 0.2) is 79.1 Å². The van der Waals surface area contributed by atoms with E-state index in [4.69, 9.17) is 0 Å². The Morgan fingerprint density at radius 1 is 0.972 bits per heavy atom. The minimum Gasteiger partial charge on any atom is -0.346 e. The summed E-state index contributed by atoms with van der Waals surface area (Å²) in [5, 5.41) is 16.1. The van der Waals surface area contributed by atoms with Crippen molar-refractivity contribution in [3.05, 3.63) is 100 Å². The molecule has 2 N–H and O–H groups in total. The van der Waals surface area contributed by atoms with Crippen LogP contribution in [0.5, 0.6) is 0 Å². The van der Waals surface area contributed by atoms with Gasteiger partial charge < -0.3 is 10.6 Å². The minimum absolute atomic E-state index is 0.146. The predicted molar refractivity (Wildman–Crippen MR) is 135 cm³/mol. The van der Waals surface area contributed by atoms with Gasteiger partial charge in [0.15, 0.2) is 0 Å². The van der Waals surface area contributed by atoms with Crippen molar-refractivity contribution in [2.75, 3.05) is 38.0 Å². The van der Waals surface area contributed by atoms with Gasteiger partial charge in [-0.15, -0.1) is 0 Å². The number of hydrogen-bond donors (Lipinski definition) is 2. The molecule has 10 nitrogen and oxygen atoms in total. The smallest absolute Gasteiger partial charge is 0.313 e. The highest BCUT2D eigenvalue weighted by Gasteiger charge is 2.27. The van der Waals surface area contributed by atoms with Gasteiger partial charge in [0.05, 0.1) is 11.0 Å². The number of piperazine rings is 1. The number of carbonyl (C=O) groups is 2. The minimum atomic E-state index is -0.881. The highest BCUT2D eigenvalue weighted by molar-refractivity contribution is 6.39. The number of pyridine rings is 1. The summed E-state index contributed by atoms with van der Waals surface area (Å²) in [7, 11) is 0. The number of nitro groups is 1. The van der Waals surface area contributed by atoms with E-state index >= 15 is 0 Å². The molecule has 1 atom stereocenters. The maximum atomic E-state index is 12.5. The van der Waals surface area contributed by atoms with Crippen molar-refractivity contribution in [3.63, 3.8) is 0 Å². The fourth-order valence-electron chi connectivity index (χ4n) is 4.26. The van der Waals surface area contributed by atoms with E-state index in [1.54, 1.807) is 12.4 Å². The van der Waals surface area contributed by atoms with Crippen LogP contribution >= 0.6 is 0 Å². The van der Waals surface area contributed by atoms with Crippen LogP contribution in [0.2, 0.25) is 0 Å². The van der Waals surface area contributed by atoms with Gasteiger partial charge in [-0.3, -0.25) is 34.5 Å². The van der Waals surface area contributed by atoms with Crippen LogP contribution in [0, 0.1) is 10.1 Å². The summed E-state index contributed by atoms with van der Waals surface area (Å²) in [4.78, 5) is 44.3. The average Bonchev–Trinajstić information content (AvgIpc) is 2.91. The number of carbonyl (C=O) groups excluding carboxylic acids is 2. The first-order valence-electron chi connectivity index (χ1n) is 11.7. The van der Waals surface area contributed by atoms with Gasteiger partial charge in [-0.05, 0) is 23.3 Å². The number of nitrogens with zero attached hydrogens (tertiary/aromatic N) is 4. The lowest BCUT2D eigenvalue weighted by molar-refractivity contribution is -0.384. The molecule has 2 heterocycles. The zero-order valence-corrected chi connectivity index (χ0v) is 19.7. The van der Waals surface area contributed by atoms with Crippen LogP contribution in [0.3, 0.4) is 0 Å². The molecule has 2 amide bonds. The number of nitrogens with one attached hydrogen (secondary N) is 2. The molecule has 0 aliphatic carbocycles. The molecular weight excluding hydrogens is 460 g/mol. The van der Waals surface area contributed by atoms with Crippen LogP contribution < -0.4 is 10.6 Å². The number of anilines is 1. The normalized spacial score (nSPS) is 15.1. The Kier molecular flexibility index (Phi) is 8.32. The number of rotatable bonds is 8. The molecule has 0 bridgehead atoms. The predicted octanol–water partition coefficient (Wildman–Crippen LogP) is 2.60. The zero-order chi connectivity index (χ0) is 25.3. The number of benzene rings is 2. The Balaban J connectivity index is 1.35. The molecule has 4 rings (SSSR count). The molecule has 0 radical (unpaired) electrons. The van der Waals surface area contributed by atoms with Crippen molar-refractivity contribution in [1.29, 1.82) is 0 Å². The van der Waals surface area contributed by atoms with Gasteiger partial charge in [0.25, 0.3) is 5.69 Å². The molecule has 2 aromatic carbocycles. The summed E-state index contributed by atoms with van der Waals surface area (Å²) in [6.45, 7) is 4.50. The topological polar surface area (TPSA) is 121 Å². The summed E-state index contributed by atoms with van der Waals surface area (Å²) in [6, 6.07) is 19.5. The van der Waals surface area contributed by atoms with E-state index in [9.17, 15) is 19.7 Å². The first-order valence-corrected chi connectivity index (χ1v) is 11.7. The molecule has 1 aliphatic heterocycles. The lowest BCUT2D eigenvalue weighted by atomic mass is 10.1. The quantitative estimate of drug-likeness (QED) is 0.284. The van der Waals surface area contributed by atoms with E-state index in [2.05, 4.69) is 37.6 Å². The van der Waals surface area contributed by atoms with Gasteiger partial charge >= 0.3 is 11.8 Å². The van der Waals surface area contributed by atoms with Crippen LogP contribution in [-0.4, -0.2) is 64.2 Å². The second-order valence-corrected chi connectivity index (χ2v) is 8.57. The monoisotopic (exact) mass is 488 g/mol. The molecule has 186 valence electrons. The Morgan fingerprint density at radius 3 is 2.44 bits per heavy atom. The van der Waals surface area contributed by atoms with Crippen molar-refractivity contribution in [1.82, 2.24) is 20.1 Å². The Bertz CT molecular complexity index is 1180. The SMILES string of the molecule is O=C(NC[C@@H](c1cccnc1)N1CCN(Cc2ccccc2)CC1)C(=O)Nc1cccc([N+](=O)[O-])c1. The van der Waals surface area contributed by atoms with E-state index in [1.807, 2.05) is 30.3 Å². The van der Waals surface area contributed by atoms with E-state index in [0.29, 0.717) is 0 Å². The summed E-state index contributed by atoms with van der Waals surface area (Å²) in [5.41, 5.74) is 2.24. The summed E-state index contributed by atoms with van der Waals surface area (Å²) >= 11 is 0. The average molecular weight is 489 g/mol. The van der Waals surface area contributed by atoms with E-state index in [1.165, 1.54) is 29.8 Å². The molecule has 0 spiro atoms. The molecule has 1 saturated heterocycles. The fourth-order valence-corrected chi connectivity index (χ4v) is 4.26. The molecular formula is C26H28N6O4. The molecule has 1 aliphatic rings. The first-order chi connectivity index (χ1) is 17.5. The van der Waals surface area contributed by atoms with Crippen LogP contribution in [-0.2, 0) is 16.1 Å². The van der Waals surface area contributed by atoms with Crippen molar-refractivity contribution in [3.8, 4) is 0 Å². The fraction of sp³-hybridized carbons (Fsp3) is 0.269. The van der Waals surface area contributed by atoms with E-state index < -0.39 is 16.7 Å². The summed E-state index contributed by atoms with van der Waals surface area (Å²) < 4.78 is 0. The third-order valence-electron chi connectivity index (χ3n) is 6.14. The van der Waals surface area contributed by atoms with Crippen LogP contribution in [0.1, 0.15) is 17.2 Å². The number of nitro benzene ring substituents is 1. The van der Waals surface area contributed by atoms with Crippen molar-refractivity contribution >= 4 is 23.2 Å². The summed E-state index contributed by atoms with van der Waals surface area (Å²) in [6.07, 6.45) is 3.47. The number of amides is 2. The first kappa shape index (κ1) is 25.0. The van der Waals surface area contributed by atoms with Gasteiger partial charge in [-0.2, -0.15) is 0 Å². The number of hydrogen-bond acceptors (Lipinski definition) is 7. The maximum Gasteiger partial charge on any atom is 0.313 e. The second-order valence-electron chi connectivity index (χ2n) is 8.57. The summed E-state index contributed by atoms with van der Waals surface area (Å²) in [5.74, 6) is -1.69. The molecule has 1 aromatic heterocycles. The van der Waals surface area contributed by atoms with Gasteiger partial charge in [-0.25, -0.2) is 0 Å². The van der Waals surface area contributed by atoms with Crippen molar-refractivity contribution in [2.24, 2.45) is 0 Å². The number of non-ortho nitro benzene ring substituents is 1. The number of aromatic nitrogens is 1. The zero-order valence-electron chi connectivity index (χ0n) is 19.7. The van der Waals surface area contributed by atoms with Gasteiger partial charge in [-0.1, -0.05) is 42.5 Å². The third-order valence-corrected chi connectivity index (χ3v) is 6.14. The molecule has 1 fully saturated rings. The van der Waals surface area contributed by atoms with Crippen LogP contribution in [0.4, 0.5) is 11.4 Å². The largest absolute Gasteiger partial charge is 0.346 e. The Hall–Kier alpha value is -4.15. The lowest BCUT2D eigenvalue weighted by Crippen LogP contribution is -2.50. The van der Waals surface area contributed by atoms with Crippen molar-refractivity contribution < 1.29 is 14.5 Å². The third kappa shape index (κ3) is 6.71. The van der Waals surface area contributed by atoms with Gasteiger partial charge in [0.2, 0.25) is 0 Å². The second kappa shape index (κ2) is 12.0. The molecule has 0 unspecified atom stereocenters. The maximum absolute atomic E-state index is 12.5. The Labute approximate surface area is 209 Å². The van der Waals surface area contributed by atoms with Gasteiger partial charge in [0.1, 0.15) is 0 Å². The van der Waals surface area contributed by atoms with E-state index in [-0.39, 0.29) is 24.0 Å². The van der Waals surface area contributed by atoms with Gasteiger partial charge in [0, 0.05) is 69.5 Å². The lowest BCUT2D eigenvalue weighted by Gasteiger charge is -2.39. The van der Waals surface area contributed by atoms with Crippen molar-refractivity contribution in [2.45, 2.75) is 12.6 Å².